The van der Waals surface area contributed by atoms with Crippen LogP contribution in [0.2, 0.25) is 0 Å². The Labute approximate surface area is 215 Å². The average molecular weight is 511 g/mol. The third-order valence-corrected chi connectivity index (χ3v) is 7.84. The summed E-state index contributed by atoms with van der Waals surface area (Å²) in [6, 6.07) is 16.2. The number of para-hydroxylation sites is 1. The summed E-state index contributed by atoms with van der Waals surface area (Å²) in [5.74, 6) is -0.0912. The molecule has 10 heteroatoms. The van der Waals surface area contributed by atoms with Crippen LogP contribution >= 0.6 is 0 Å². The number of rotatable bonds is 5. The first-order valence-corrected chi connectivity index (χ1v) is 12.2. The molecule has 2 bridgehead atoms. The molecule has 3 atom stereocenters. The van der Waals surface area contributed by atoms with E-state index in [0.717, 1.165) is 5.39 Å². The first kappa shape index (κ1) is 22.6. The molecule has 5 aromatic rings. The van der Waals surface area contributed by atoms with E-state index in [0.29, 0.717) is 44.7 Å². The largest absolute Gasteiger partial charge is 0.494 e. The molecule has 2 aromatic carbocycles. The summed E-state index contributed by atoms with van der Waals surface area (Å²) < 4.78 is 19.0. The predicted molar refractivity (Wildman–Crippen MR) is 134 cm³/mol. The highest BCUT2D eigenvalue weighted by Crippen LogP contribution is 2.65. The van der Waals surface area contributed by atoms with Crippen molar-refractivity contribution in [2.24, 2.45) is 0 Å². The smallest absolute Gasteiger partial charge is 0.262 e. The minimum atomic E-state index is -1.23. The van der Waals surface area contributed by atoms with Gasteiger partial charge >= 0.3 is 0 Å². The molecule has 1 saturated heterocycles. The molecule has 10 nitrogen and oxygen atoms in total. The zero-order valence-electron chi connectivity index (χ0n) is 20.3. The van der Waals surface area contributed by atoms with Crippen LogP contribution in [-0.2, 0) is 15.9 Å². The summed E-state index contributed by atoms with van der Waals surface area (Å²) in [5, 5.41) is 48.9. The fourth-order valence-electron chi connectivity index (χ4n) is 6.07. The molecule has 0 amide bonds. The molecule has 3 aromatic heterocycles. The molecule has 1 fully saturated rings. The van der Waals surface area contributed by atoms with E-state index in [2.05, 4.69) is 16.2 Å². The number of pyridine rings is 1. The molecule has 190 valence electrons. The highest BCUT2D eigenvalue weighted by molar-refractivity contribution is 5.92. The van der Waals surface area contributed by atoms with E-state index in [4.69, 9.17) is 14.0 Å². The minimum absolute atomic E-state index is 0.161. The lowest BCUT2D eigenvalue weighted by atomic mass is 9.76. The summed E-state index contributed by atoms with van der Waals surface area (Å²) >= 11 is 0. The van der Waals surface area contributed by atoms with Gasteiger partial charge in [0.25, 0.3) is 5.88 Å². The number of ether oxygens (including phenoxy) is 2. The maximum atomic E-state index is 11.6. The zero-order chi connectivity index (χ0) is 26.2. The number of hydrogen-bond acceptors (Lipinski definition) is 9. The van der Waals surface area contributed by atoms with Crippen LogP contribution in [0.4, 0.5) is 0 Å². The highest BCUT2D eigenvalue weighted by atomic mass is 16.6. The summed E-state index contributed by atoms with van der Waals surface area (Å²) in [6.45, 7) is 1.87. The Balaban J connectivity index is 1.32. The quantitative estimate of drug-likeness (QED) is 0.318. The van der Waals surface area contributed by atoms with Crippen molar-refractivity contribution in [2.45, 2.75) is 37.1 Å². The van der Waals surface area contributed by atoms with E-state index in [1.165, 1.54) is 4.57 Å². The summed E-state index contributed by atoms with van der Waals surface area (Å²) in [4.78, 5) is 4.34. The van der Waals surface area contributed by atoms with E-state index in [1.54, 1.807) is 43.5 Å². The van der Waals surface area contributed by atoms with Crippen molar-refractivity contribution < 1.29 is 29.3 Å². The normalized spacial score (nSPS) is 23.7. The summed E-state index contributed by atoms with van der Waals surface area (Å²) in [7, 11) is 0. The maximum Gasteiger partial charge on any atom is 0.262 e. The first-order valence-electron chi connectivity index (χ1n) is 12.2. The van der Waals surface area contributed by atoms with Crippen molar-refractivity contribution in [1.82, 2.24) is 14.7 Å². The minimum Gasteiger partial charge on any atom is -0.494 e. The van der Waals surface area contributed by atoms with Crippen LogP contribution in [0.25, 0.3) is 27.6 Å². The van der Waals surface area contributed by atoms with Gasteiger partial charge in [-0.3, -0.25) is 9.55 Å². The average Bonchev–Trinajstić information content (AvgIpc) is 3.61. The summed E-state index contributed by atoms with van der Waals surface area (Å²) in [5.41, 5.74) is 0.304. The molecule has 0 saturated carbocycles. The number of hydrogen-bond donors (Lipinski definition) is 3. The Morgan fingerprint density at radius 2 is 1.89 bits per heavy atom. The lowest BCUT2D eigenvalue weighted by Crippen LogP contribution is -2.33. The van der Waals surface area contributed by atoms with Gasteiger partial charge in [-0.15, -0.1) is 0 Å². The number of nitriles is 1. The van der Waals surface area contributed by atoms with Crippen LogP contribution < -0.4 is 4.74 Å². The van der Waals surface area contributed by atoms with Gasteiger partial charge in [0.1, 0.15) is 17.3 Å². The van der Waals surface area contributed by atoms with E-state index < -0.39 is 17.3 Å². The van der Waals surface area contributed by atoms with Gasteiger partial charge in [-0.2, -0.15) is 5.26 Å². The van der Waals surface area contributed by atoms with Crippen LogP contribution in [0.3, 0.4) is 0 Å². The maximum absolute atomic E-state index is 11.6. The summed E-state index contributed by atoms with van der Waals surface area (Å²) in [6.07, 6.45) is 1.16. The van der Waals surface area contributed by atoms with Gasteiger partial charge in [-0.05, 0) is 48.5 Å². The van der Waals surface area contributed by atoms with Crippen LogP contribution in [0, 0.1) is 11.3 Å². The Bertz CT molecular complexity index is 1800. The fourth-order valence-corrected chi connectivity index (χ4v) is 6.07. The molecule has 3 N–H and O–H groups in total. The van der Waals surface area contributed by atoms with Crippen LogP contribution in [0.15, 0.2) is 59.3 Å². The lowest BCUT2D eigenvalue weighted by molar-refractivity contribution is -0.107. The number of fused-ring (bicyclic) bond motifs is 7. The first-order chi connectivity index (χ1) is 18.4. The topological polar surface area (TPSA) is 147 Å². The number of benzene rings is 2. The van der Waals surface area contributed by atoms with Gasteiger partial charge in [-0.25, -0.2) is 0 Å². The van der Waals surface area contributed by atoms with Crippen LogP contribution in [-0.4, -0.2) is 42.7 Å². The van der Waals surface area contributed by atoms with E-state index in [9.17, 15) is 20.6 Å². The SMILES string of the molecule is C[C@@]12O[C@@](CCOc3noc4ccccc34)(C[C@H]1O)c1c2c(O)n(-c2ccc(C#N)c3ncccc23)c1O. The molecule has 2 aliphatic heterocycles. The van der Waals surface area contributed by atoms with Crippen molar-refractivity contribution in [3.05, 3.63) is 71.4 Å². The van der Waals surface area contributed by atoms with Crippen molar-refractivity contribution in [2.75, 3.05) is 6.61 Å². The third kappa shape index (κ3) is 2.82. The van der Waals surface area contributed by atoms with Crippen molar-refractivity contribution in [1.29, 1.82) is 5.26 Å². The van der Waals surface area contributed by atoms with Gasteiger partial charge in [0.2, 0.25) is 11.8 Å². The molecule has 0 unspecified atom stereocenters. The Morgan fingerprint density at radius 3 is 2.74 bits per heavy atom. The number of nitrogens with zero attached hydrogens (tertiary/aromatic N) is 4. The fraction of sp³-hybridized carbons (Fsp3) is 0.250. The number of aliphatic hydroxyl groups is 1. The molecule has 0 radical (unpaired) electrons. The number of aromatic hydroxyl groups is 2. The monoisotopic (exact) mass is 510 g/mol. The van der Waals surface area contributed by atoms with Crippen LogP contribution in [0.1, 0.15) is 36.5 Å². The van der Waals surface area contributed by atoms with Gasteiger partial charge < -0.3 is 29.3 Å². The Kier molecular flexibility index (Phi) is 4.58. The van der Waals surface area contributed by atoms with Gasteiger partial charge in [0, 0.05) is 24.4 Å². The van der Waals surface area contributed by atoms with Crippen LogP contribution in [0.5, 0.6) is 17.6 Å². The van der Waals surface area contributed by atoms with E-state index in [1.807, 2.05) is 18.2 Å². The second kappa shape index (κ2) is 7.71. The standard InChI is InChI=1S/C28H22N4O6/c1-27-20(33)13-28(38-27,10-12-36-24-17-5-2-3-7-19(17)37-31-24)22-21(27)25(34)32(26(22)35)18-9-8-15(14-29)23-16(18)6-4-11-30-23/h2-9,11,20,33-35H,10,12-13H2,1H3/t20-,27-,28+/m1/s1. The molecule has 0 aliphatic carbocycles. The molecule has 0 spiro atoms. The predicted octanol–water partition coefficient (Wildman–Crippen LogP) is 4.12. The van der Waals surface area contributed by atoms with Crippen molar-refractivity contribution in [3.8, 4) is 29.4 Å². The van der Waals surface area contributed by atoms with Gasteiger partial charge in [0.05, 0.1) is 46.0 Å². The van der Waals surface area contributed by atoms with Gasteiger partial charge in [-0.1, -0.05) is 12.1 Å². The number of aromatic nitrogens is 3. The molecule has 5 heterocycles. The Hall–Kier alpha value is -4.59. The molecule has 7 rings (SSSR count). The second-order valence-corrected chi connectivity index (χ2v) is 9.88. The molecular formula is C28H22N4O6. The lowest BCUT2D eigenvalue weighted by Gasteiger charge is -2.26. The Morgan fingerprint density at radius 1 is 1.11 bits per heavy atom. The molecule has 2 aliphatic rings. The zero-order valence-corrected chi connectivity index (χ0v) is 20.3. The number of aliphatic hydroxyl groups excluding tert-OH is 1. The van der Waals surface area contributed by atoms with E-state index >= 15 is 0 Å². The van der Waals surface area contributed by atoms with Gasteiger partial charge in [0.15, 0.2) is 5.58 Å². The van der Waals surface area contributed by atoms with E-state index in [-0.39, 0.29) is 31.2 Å². The molecule has 38 heavy (non-hydrogen) atoms. The van der Waals surface area contributed by atoms with Crippen molar-refractivity contribution in [3.63, 3.8) is 0 Å². The highest BCUT2D eigenvalue weighted by Gasteiger charge is 2.66. The molecular weight excluding hydrogens is 488 g/mol. The van der Waals surface area contributed by atoms with Crippen molar-refractivity contribution >= 4 is 21.9 Å². The third-order valence-electron chi connectivity index (χ3n) is 7.84. The second-order valence-electron chi connectivity index (χ2n) is 9.88.